The van der Waals surface area contributed by atoms with E-state index in [-0.39, 0.29) is 6.42 Å². The number of rotatable bonds is 20. The number of hydrogen-bond acceptors (Lipinski definition) is 2. The molecule has 3 N–H and O–H groups in total. The largest absolute Gasteiger partial charge is 0.550 e. The van der Waals surface area contributed by atoms with Crippen LogP contribution in [-0.4, -0.2) is 12.5 Å². The molecule has 0 heterocycles. The Kier molecular flexibility index (Phi) is 29.3. The van der Waals surface area contributed by atoms with E-state index >= 15 is 0 Å². The van der Waals surface area contributed by atoms with E-state index in [4.69, 9.17) is 0 Å². The first-order valence-corrected chi connectivity index (χ1v) is 12.2. The second-order valence-corrected chi connectivity index (χ2v) is 7.99. The van der Waals surface area contributed by atoms with Gasteiger partial charge in [-0.3, -0.25) is 0 Å². The second kappa shape index (κ2) is 27.6. The summed E-state index contributed by atoms with van der Waals surface area (Å²) in [6.07, 6.45) is 25.3. The molecule has 0 saturated heterocycles. The fourth-order valence-corrected chi connectivity index (χ4v) is 3.24. The molecule has 164 valence electrons. The Hall–Kier alpha value is -0.570. The van der Waals surface area contributed by atoms with Crippen LogP contribution in [0, 0.1) is 0 Å². The number of carbonyl (C=O) groups is 1. The van der Waals surface area contributed by atoms with Crippen molar-refractivity contribution in [3.05, 3.63) is 0 Å². The van der Waals surface area contributed by atoms with Crippen LogP contribution in [0.2, 0.25) is 0 Å². The van der Waals surface area contributed by atoms with Gasteiger partial charge in [0.2, 0.25) is 0 Å². The maximum Gasteiger partial charge on any atom is 0.0739 e. The number of carbonyl (C=O) groups excluding carboxylic acids is 1. The summed E-state index contributed by atoms with van der Waals surface area (Å²) in [5.74, 6) is -0.903. The van der Waals surface area contributed by atoms with Crippen molar-refractivity contribution in [1.82, 2.24) is 0 Å². The summed E-state index contributed by atoms with van der Waals surface area (Å²) in [6, 6.07) is 0. The molecule has 0 bridgehead atoms. The van der Waals surface area contributed by atoms with Gasteiger partial charge in [0.05, 0.1) is 6.54 Å². The fraction of sp³-hybridized carbons (Fsp3) is 0.958. The SMILES string of the molecule is CCCCCCCCCCCCCCCCCC(=O)[O-].CCCCCC[NH3+]. The van der Waals surface area contributed by atoms with Gasteiger partial charge in [-0.1, -0.05) is 117 Å². The van der Waals surface area contributed by atoms with Gasteiger partial charge >= 0.3 is 0 Å². The van der Waals surface area contributed by atoms with E-state index in [1.165, 1.54) is 109 Å². The molecule has 0 aromatic carbocycles. The van der Waals surface area contributed by atoms with Crippen molar-refractivity contribution in [2.24, 2.45) is 0 Å². The minimum atomic E-state index is -0.903. The molecule has 3 heteroatoms. The Balaban J connectivity index is 0. The lowest BCUT2D eigenvalue weighted by atomic mass is 10.0. The molecule has 0 fully saturated rings. The van der Waals surface area contributed by atoms with E-state index in [0.717, 1.165) is 19.4 Å². The van der Waals surface area contributed by atoms with Crippen LogP contribution in [-0.2, 0) is 4.79 Å². The van der Waals surface area contributed by atoms with Crippen molar-refractivity contribution < 1.29 is 15.6 Å². The van der Waals surface area contributed by atoms with Crippen LogP contribution in [0.4, 0.5) is 0 Å². The van der Waals surface area contributed by atoms with Crippen LogP contribution in [0.1, 0.15) is 142 Å². The summed E-state index contributed by atoms with van der Waals surface area (Å²) in [6.45, 7) is 5.60. The number of carboxylic acids is 1. The summed E-state index contributed by atoms with van der Waals surface area (Å²) in [4.78, 5) is 10.2. The number of unbranched alkanes of at least 4 members (excludes halogenated alkanes) is 17. The third kappa shape index (κ3) is 33.4. The molecule has 0 aromatic heterocycles. The predicted octanol–water partition coefficient (Wildman–Crippen LogP) is 5.81. The highest BCUT2D eigenvalue weighted by molar-refractivity contribution is 5.63. The summed E-state index contributed by atoms with van der Waals surface area (Å²) in [5, 5.41) is 10.2. The van der Waals surface area contributed by atoms with E-state index in [9.17, 15) is 9.90 Å². The van der Waals surface area contributed by atoms with Crippen molar-refractivity contribution >= 4 is 5.97 Å². The van der Waals surface area contributed by atoms with Crippen LogP contribution in [0.5, 0.6) is 0 Å². The van der Waals surface area contributed by atoms with Gasteiger partial charge in [-0.25, -0.2) is 0 Å². The van der Waals surface area contributed by atoms with E-state index in [2.05, 4.69) is 19.6 Å². The topological polar surface area (TPSA) is 67.8 Å². The van der Waals surface area contributed by atoms with E-state index in [1.807, 2.05) is 0 Å². The van der Waals surface area contributed by atoms with Crippen molar-refractivity contribution in [2.45, 2.75) is 142 Å². The zero-order valence-corrected chi connectivity index (χ0v) is 18.9. The second-order valence-electron chi connectivity index (χ2n) is 7.99. The maximum absolute atomic E-state index is 10.2. The average molecular weight is 386 g/mol. The standard InChI is InChI=1S/C18H36O2.C6H15N/c1-2-3-4-5-6-7-8-9-10-11-12-13-14-15-16-17-18(19)20;1-2-3-4-5-6-7/h2-17H2,1H3,(H,19,20);2-7H2,1H3. The van der Waals surface area contributed by atoms with Gasteiger partial charge in [-0.15, -0.1) is 0 Å². The Bertz CT molecular complexity index is 265. The number of quaternary nitrogens is 1. The van der Waals surface area contributed by atoms with Crippen molar-refractivity contribution in [1.29, 1.82) is 0 Å². The first-order chi connectivity index (χ1) is 13.2. The summed E-state index contributed by atoms with van der Waals surface area (Å²) in [7, 11) is 0. The Morgan fingerprint density at radius 3 is 1.15 bits per heavy atom. The van der Waals surface area contributed by atoms with Crippen LogP contribution in [0.25, 0.3) is 0 Å². The molecular weight excluding hydrogens is 334 g/mol. The Morgan fingerprint density at radius 2 is 0.852 bits per heavy atom. The molecule has 0 aliphatic carbocycles. The number of aliphatic carboxylic acids is 1. The molecule has 27 heavy (non-hydrogen) atoms. The monoisotopic (exact) mass is 385 g/mol. The molecule has 0 unspecified atom stereocenters. The first kappa shape index (κ1) is 28.6. The molecule has 0 radical (unpaired) electrons. The average Bonchev–Trinajstić information content (AvgIpc) is 2.65. The van der Waals surface area contributed by atoms with Crippen LogP contribution >= 0.6 is 0 Å². The molecule has 0 saturated carbocycles. The molecule has 0 aromatic rings. The van der Waals surface area contributed by atoms with E-state index in [0.29, 0.717) is 0 Å². The van der Waals surface area contributed by atoms with Crippen LogP contribution < -0.4 is 10.8 Å². The molecule has 0 amide bonds. The van der Waals surface area contributed by atoms with Crippen molar-refractivity contribution in [3.8, 4) is 0 Å². The Labute approximate surface area is 170 Å². The summed E-state index contributed by atoms with van der Waals surface area (Å²) < 4.78 is 0. The van der Waals surface area contributed by atoms with Gasteiger partial charge < -0.3 is 15.6 Å². The predicted molar refractivity (Wildman–Crippen MR) is 116 cm³/mol. The smallest absolute Gasteiger partial charge is 0.0739 e. The summed E-state index contributed by atoms with van der Waals surface area (Å²) in [5.41, 5.74) is 3.76. The highest BCUT2D eigenvalue weighted by atomic mass is 16.4. The van der Waals surface area contributed by atoms with Crippen LogP contribution in [0.15, 0.2) is 0 Å². The van der Waals surface area contributed by atoms with Gasteiger partial charge in [0.25, 0.3) is 0 Å². The first-order valence-electron chi connectivity index (χ1n) is 12.2. The van der Waals surface area contributed by atoms with Gasteiger partial charge in [0, 0.05) is 5.97 Å². The molecule has 0 spiro atoms. The molecule has 0 aliphatic heterocycles. The molecule has 0 aliphatic rings. The zero-order valence-electron chi connectivity index (χ0n) is 18.9. The van der Waals surface area contributed by atoms with E-state index in [1.54, 1.807) is 0 Å². The van der Waals surface area contributed by atoms with Gasteiger partial charge in [0.15, 0.2) is 0 Å². The number of carboxylic acid groups (broad SMARTS) is 1. The third-order valence-corrected chi connectivity index (χ3v) is 5.09. The molecule has 0 atom stereocenters. The van der Waals surface area contributed by atoms with Crippen LogP contribution in [0.3, 0.4) is 0 Å². The normalized spacial score (nSPS) is 10.5. The Morgan fingerprint density at radius 1 is 0.556 bits per heavy atom. The van der Waals surface area contributed by atoms with Crippen molar-refractivity contribution in [2.75, 3.05) is 6.54 Å². The molecule has 3 nitrogen and oxygen atoms in total. The highest BCUT2D eigenvalue weighted by Gasteiger charge is 1.94. The minimum Gasteiger partial charge on any atom is -0.550 e. The fourth-order valence-electron chi connectivity index (χ4n) is 3.24. The van der Waals surface area contributed by atoms with E-state index < -0.39 is 5.97 Å². The maximum atomic E-state index is 10.2. The van der Waals surface area contributed by atoms with Gasteiger partial charge in [-0.05, 0) is 25.7 Å². The lowest BCUT2D eigenvalue weighted by Crippen LogP contribution is -2.50. The van der Waals surface area contributed by atoms with Gasteiger partial charge in [-0.2, -0.15) is 0 Å². The minimum absolute atomic E-state index is 0.234. The summed E-state index contributed by atoms with van der Waals surface area (Å²) >= 11 is 0. The number of hydrogen-bond donors (Lipinski definition) is 1. The lowest BCUT2D eigenvalue weighted by molar-refractivity contribution is -0.368. The van der Waals surface area contributed by atoms with Crippen molar-refractivity contribution in [3.63, 3.8) is 0 Å². The quantitative estimate of drug-likeness (QED) is 0.269. The molecule has 0 rings (SSSR count). The zero-order chi connectivity index (χ0) is 20.4. The highest BCUT2D eigenvalue weighted by Crippen LogP contribution is 2.13. The molecular formula is C24H51NO2. The lowest BCUT2D eigenvalue weighted by Gasteiger charge is -2.04. The third-order valence-electron chi connectivity index (χ3n) is 5.09. The van der Waals surface area contributed by atoms with Gasteiger partial charge in [0.1, 0.15) is 0 Å².